The molecule has 0 bridgehead atoms. The first kappa shape index (κ1) is 17.5. The van der Waals surface area contributed by atoms with Crippen molar-refractivity contribution in [2.75, 3.05) is 27.4 Å². The van der Waals surface area contributed by atoms with E-state index in [1.165, 1.54) is 19.1 Å². The minimum absolute atomic E-state index is 0.319. The van der Waals surface area contributed by atoms with E-state index in [2.05, 4.69) is 11.4 Å². The van der Waals surface area contributed by atoms with Crippen LogP contribution in [0.2, 0.25) is 0 Å². The minimum Gasteiger partial charge on any atom is -0.466 e. The number of hydrogen-bond acceptors (Lipinski definition) is 5. The second-order valence-corrected chi connectivity index (χ2v) is 5.25. The molecule has 2 amide bonds. The van der Waals surface area contributed by atoms with Crippen LogP contribution in [0.3, 0.4) is 0 Å². The number of esters is 1. The van der Waals surface area contributed by atoms with Crippen molar-refractivity contribution in [3.63, 3.8) is 0 Å². The maximum absolute atomic E-state index is 12.4. The first-order chi connectivity index (χ1) is 11.5. The van der Waals surface area contributed by atoms with Gasteiger partial charge >= 0.3 is 12.0 Å². The number of rotatable bonds is 5. The zero-order valence-electron chi connectivity index (χ0n) is 13.8. The van der Waals surface area contributed by atoms with Crippen molar-refractivity contribution < 1.29 is 19.1 Å². The highest BCUT2D eigenvalue weighted by Crippen LogP contribution is 2.31. The number of urea groups is 1. The summed E-state index contributed by atoms with van der Waals surface area (Å²) in [6, 6.07) is 7.82. The summed E-state index contributed by atoms with van der Waals surface area (Å²) in [5, 5.41) is 11.9. The van der Waals surface area contributed by atoms with E-state index >= 15 is 0 Å². The normalized spacial score (nSPS) is 17.3. The monoisotopic (exact) mass is 329 g/mol. The van der Waals surface area contributed by atoms with Gasteiger partial charge < -0.3 is 14.8 Å². The smallest absolute Gasteiger partial charge is 0.337 e. The van der Waals surface area contributed by atoms with Crippen LogP contribution >= 0.6 is 0 Å². The topological polar surface area (TPSA) is 91.7 Å². The van der Waals surface area contributed by atoms with Crippen LogP contribution in [0.4, 0.5) is 4.79 Å². The molecule has 1 N–H and O–H groups in total. The molecule has 1 aromatic rings. The van der Waals surface area contributed by atoms with Gasteiger partial charge in [0.05, 0.1) is 43.5 Å². The number of ether oxygens (including phenoxy) is 2. The third kappa shape index (κ3) is 3.39. The highest BCUT2D eigenvalue weighted by molar-refractivity contribution is 5.95. The summed E-state index contributed by atoms with van der Waals surface area (Å²) in [7, 11) is 2.83. The molecular formula is C17H19N3O4. The zero-order valence-corrected chi connectivity index (χ0v) is 13.8. The lowest BCUT2D eigenvalue weighted by atomic mass is 9.94. The first-order valence-corrected chi connectivity index (χ1v) is 7.39. The third-order valence-corrected chi connectivity index (χ3v) is 3.87. The molecule has 1 heterocycles. The average molecular weight is 329 g/mol. The molecule has 24 heavy (non-hydrogen) atoms. The number of benzene rings is 1. The van der Waals surface area contributed by atoms with Crippen LogP contribution < -0.4 is 5.32 Å². The number of amides is 2. The first-order valence-electron chi connectivity index (χ1n) is 7.39. The van der Waals surface area contributed by atoms with Gasteiger partial charge in [0.2, 0.25) is 0 Å². The summed E-state index contributed by atoms with van der Waals surface area (Å²) < 4.78 is 9.89. The lowest BCUT2D eigenvalue weighted by Crippen LogP contribution is -2.48. The van der Waals surface area contributed by atoms with Crippen LogP contribution in [0, 0.1) is 11.3 Å². The Bertz CT molecular complexity index is 721. The van der Waals surface area contributed by atoms with E-state index in [1.807, 2.05) is 0 Å². The Morgan fingerprint density at radius 2 is 2.17 bits per heavy atom. The maximum atomic E-state index is 12.4. The molecule has 1 unspecified atom stereocenters. The van der Waals surface area contributed by atoms with Crippen molar-refractivity contribution in [3.05, 3.63) is 46.7 Å². The van der Waals surface area contributed by atoms with E-state index in [-0.39, 0.29) is 6.03 Å². The molecule has 0 spiro atoms. The molecule has 0 aliphatic carbocycles. The Kier molecular flexibility index (Phi) is 5.55. The minimum atomic E-state index is -0.669. The fourth-order valence-corrected chi connectivity index (χ4v) is 2.65. The molecule has 1 atom stereocenters. The van der Waals surface area contributed by atoms with Gasteiger partial charge in [-0.15, -0.1) is 0 Å². The molecule has 7 nitrogen and oxygen atoms in total. The predicted molar refractivity (Wildman–Crippen MR) is 85.7 cm³/mol. The molecular weight excluding hydrogens is 310 g/mol. The average Bonchev–Trinajstić information content (AvgIpc) is 2.60. The summed E-state index contributed by atoms with van der Waals surface area (Å²) in [6.07, 6.45) is 0. The van der Waals surface area contributed by atoms with Gasteiger partial charge in [0.1, 0.15) is 0 Å². The standard InChI is InChI=1S/C17H19N3O4/c1-11-14(16(21)24-3)15(13-6-4-5-12(9-13)10-18)19-17(22)20(11)7-8-23-2/h4-6,9,15H,7-8H2,1-3H3,(H,19,22). The fraction of sp³-hybridized carbons (Fsp3) is 0.353. The molecule has 0 saturated heterocycles. The van der Waals surface area contributed by atoms with Crippen LogP contribution in [-0.2, 0) is 14.3 Å². The number of hydrogen-bond donors (Lipinski definition) is 1. The number of methoxy groups -OCH3 is 2. The van der Waals surface area contributed by atoms with Gasteiger partial charge in [-0.25, -0.2) is 9.59 Å². The van der Waals surface area contributed by atoms with Crippen LogP contribution in [0.1, 0.15) is 24.1 Å². The molecule has 0 radical (unpaired) electrons. The van der Waals surface area contributed by atoms with Gasteiger partial charge in [0.15, 0.2) is 0 Å². The Hall–Kier alpha value is -2.85. The highest BCUT2D eigenvalue weighted by Gasteiger charge is 2.36. The van der Waals surface area contributed by atoms with Gasteiger partial charge in [-0.3, -0.25) is 4.90 Å². The maximum Gasteiger partial charge on any atom is 0.337 e. The van der Waals surface area contributed by atoms with Crippen molar-refractivity contribution in [1.29, 1.82) is 5.26 Å². The van der Waals surface area contributed by atoms with Crippen LogP contribution in [0.5, 0.6) is 0 Å². The van der Waals surface area contributed by atoms with Gasteiger partial charge in [0, 0.05) is 12.8 Å². The molecule has 0 fully saturated rings. The largest absolute Gasteiger partial charge is 0.466 e. The Labute approximate surface area is 140 Å². The number of allylic oxidation sites excluding steroid dienone is 1. The van der Waals surface area contributed by atoms with Gasteiger partial charge in [-0.05, 0) is 24.6 Å². The van der Waals surface area contributed by atoms with E-state index in [9.17, 15) is 9.59 Å². The number of nitrogens with zero attached hydrogens (tertiary/aromatic N) is 2. The third-order valence-electron chi connectivity index (χ3n) is 3.87. The van der Waals surface area contributed by atoms with Crippen molar-refractivity contribution in [2.45, 2.75) is 13.0 Å². The second-order valence-electron chi connectivity index (χ2n) is 5.25. The number of nitrogens with one attached hydrogen (secondary N) is 1. The van der Waals surface area contributed by atoms with E-state index < -0.39 is 12.0 Å². The SMILES string of the molecule is COCCN1C(=O)NC(c2cccc(C#N)c2)C(C(=O)OC)=C1C. The Balaban J connectivity index is 2.50. The summed E-state index contributed by atoms with van der Waals surface area (Å²) >= 11 is 0. The van der Waals surface area contributed by atoms with Gasteiger partial charge in [0.25, 0.3) is 0 Å². The Morgan fingerprint density at radius 1 is 1.42 bits per heavy atom. The lowest BCUT2D eigenvalue weighted by molar-refractivity contribution is -0.136. The number of nitriles is 1. The van der Waals surface area contributed by atoms with Gasteiger partial charge in [-0.2, -0.15) is 5.26 Å². The van der Waals surface area contributed by atoms with E-state index in [1.54, 1.807) is 31.2 Å². The van der Waals surface area contributed by atoms with Gasteiger partial charge in [-0.1, -0.05) is 12.1 Å². The Morgan fingerprint density at radius 3 is 2.79 bits per heavy atom. The lowest BCUT2D eigenvalue weighted by Gasteiger charge is -2.35. The van der Waals surface area contributed by atoms with E-state index in [0.717, 1.165) is 0 Å². The molecule has 126 valence electrons. The molecule has 1 aliphatic heterocycles. The highest BCUT2D eigenvalue weighted by atomic mass is 16.5. The van der Waals surface area contributed by atoms with E-state index in [4.69, 9.17) is 14.7 Å². The van der Waals surface area contributed by atoms with Crippen molar-refractivity contribution >= 4 is 12.0 Å². The molecule has 1 aromatic carbocycles. The van der Waals surface area contributed by atoms with Crippen LogP contribution in [0.25, 0.3) is 0 Å². The number of carbonyl (C=O) groups excluding carboxylic acids is 2. The second kappa shape index (κ2) is 7.62. The zero-order chi connectivity index (χ0) is 17.7. The molecule has 0 saturated carbocycles. The molecule has 2 rings (SSSR count). The summed E-state index contributed by atoms with van der Waals surface area (Å²) in [6.45, 7) is 2.36. The molecule has 0 aromatic heterocycles. The molecule has 1 aliphatic rings. The van der Waals surface area contributed by atoms with Crippen LogP contribution in [-0.4, -0.2) is 44.3 Å². The fourth-order valence-electron chi connectivity index (χ4n) is 2.65. The number of carbonyl (C=O) groups is 2. The molecule has 7 heteroatoms. The summed E-state index contributed by atoms with van der Waals surface area (Å²) in [5.74, 6) is -0.526. The van der Waals surface area contributed by atoms with Crippen molar-refractivity contribution in [2.24, 2.45) is 0 Å². The predicted octanol–water partition coefficient (Wildman–Crippen LogP) is 1.72. The summed E-state index contributed by atoms with van der Waals surface area (Å²) in [5.41, 5.74) is 1.94. The van der Waals surface area contributed by atoms with Crippen LogP contribution in [0.15, 0.2) is 35.5 Å². The van der Waals surface area contributed by atoms with E-state index in [0.29, 0.717) is 35.5 Å². The van der Waals surface area contributed by atoms with Crippen molar-refractivity contribution in [3.8, 4) is 6.07 Å². The quantitative estimate of drug-likeness (QED) is 0.831. The van der Waals surface area contributed by atoms with Crippen molar-refractivity contribution in [1.82, 2.24) is 10.2 Å². The summed E-state index contributed by atoms with van der Waals surface area (Å²) in [4.78, 5) is 26.1.